The second-order valence-electron chi connectivity index (χ2n) is 4.16. The highest BCUT2D eigenvalue weighted by Gasteiger charge is 2.18. The first-order valence-electron chi connectivity index (χ1n) is 5.72. The summed E-state index contributed by atoms with van der Waals surface area (Å²) in [5.74, 6) is -1.42. The quantitative estimate of drug-likeness (QED) is 0.455. The number of carbonyl (C=O) groups excluding carboxylic acids is 1. The summed E-state index contributed by atoms with van der Waals surface area (Å²) in [6.07, 6.45) is -0.00141. The Labute approximate surface area is 117 Å². The number of nitro groups is 1. The number of rotatable bonds is 6. The van der Waals surface area contributed by atoms with Crippen LogP contribution in [-0.4, -0.2) is 27.5 Å². The zero-order chi connectivity index (χ0) is 15.3. The summed E-state index contributed by atoms with van der Waals surface area (Å²) in [5.41, 5.74) is -0.245. The molecule has 1 aromatic rings. The van der Waals surface area contributed by atoms with E-state index in [0.717, 1.165) is 12.1 Å². The average molecular weight is 303 g/mol. The van der Waals surface area contributed by atoms with Gasteiger partial charge in [0.05, 0.1) is 18.5 Å². The van der Waals surface area contributed by atoms with E-state index in [1.54, 1.807) is 6.92 Å². The Morgan fingerprint density at radius 3 is 2.70 bits per heavy atom. The fourth-order valence-electron chi connectivity index (χ4n) is 1.51. The molecule has 1 rings (SSSR count). The lowest BCUT2D eigenvalue weighted by Crippen LogP contribution is -2.18. The second kappa shape index (κ2) is 7.09. The van der Waals surface area contributed by atoms with Crippen LogP contribution in [-0.2, 0) is 26.1 Å². The molecule has 2 unspecified atom stereocenters. The summed E-state index contributed by atoms with van der Waals surface area (Å²) in [5, 5.41) is 10.0. The van der Waals surface area contributed by atoms with Crippen LogP contribution in [0.5, 0.6) is 0 Å². The third kappa shape index (κ3) is 4.37. The van der Waals surface area contributed by atoms with Crippen molar-refractivity contribution in [1.29, 1.82) is 0 Å². The largest absolute Gasteiger partial charge is 0.469 e. The molecule has 0 spiro atoms. The van der Waals surface area contributed by atoms with E-state index in [1.165, 1.54) is 13.2 Å². The van der Waals surface area contributed by atoms with Gasteiger partial charge in [-0.2, -0.15) is 4.39 Å². The summed E-state index contributed by atoms with van der Waals surface area (Å²) in [4.78, 5) is 20.7. The van der Waals surface area contributed by atoms with Crippen LogP contribution < -0.4 is 0 Å². The molecule has 6 nitrogen and oxygen atoms in total. The van der Waals surface area contributed by atoms with Crippen molar-refractivity contribution in [3.05, 3.63) is 39.7 Å². The number of halogens is 1. The average Bonchev–Trinajstić information content (AvgIpc) is 2.37. The van der Waals surface area contributed by atoms with Gasteiger partial charge >= 0.3 is 11.7 Å². The molecule has 0 aliphatic carbocycles. The van der Waals surface area contributed by atoms with Crippen LogP contribution in [0.2, 0.25) is 0 Å². The lowest BCUT2D eigenvalue weighted by Gasteiger charge is -2.10. The fourth-order valence-corrected chi connectivity index (χ4v) is 2.62. The van der Waals surface area contributed by atoms with E-state index in [-0.39, 0.29) is 12.2 Å². The van der Waals surface area contributed by atoms with Gasteiger partial charge in [0.2, 0.25) is 5.82 Å². The van der Waals surface area contributed by atoms with Crippen LogP contribution in [0, 0.1) is 15.9 Å². The van der Waals surface area contributed by atoms with Gasteiger partial charge in [-0.3, -0.25) is 19.1 Å². The molecule has 0 radical (unpaired) electrons. The van der Waals surface area contributed by atoms with Crippen LogP contribution in [0.15, 0.2) is 18.2 Å². The normalized spacial score (nSPS) is 13.6. The minimum Gasteiger partial charge on any atom is -0.469 e. The minimum atomic E-state index is -1.40. The topological polar surface area (TPSA) is 86.5 Å². The van der Waals surface area contributed by atoms with Crippen molar-refractivity contribution in [3.8, 4) is 0 Å². The van der Waals surface area contributed by atoms with Crippen LogP contribution in [0.1, 0.15) is 18.9 Å². The smallest absolute Gasteiger partial charge is 0.306 e. The number of nitrogens with zero attached hydrogens (tertiary/aromatic N) is 1. The highest BCUT2D eigenvalue weighted by molar-refractivity contribution is 7.84. The standard InChI is InChI=1S/C12H14FNO5S/c1-8(5-12(15)19-2)20(18)7-9-3-4-11(14(16)17)10(13)6-9/h3-4,6,8H,5,7H2,1-2H3. The molecule has 2 atom stereocenters. The lowest BCUT2D eigenvalue weighted by molar-refractivity contribution is -0.387. The van der Waals surface area contributed by atoms with Gasteiger partial charge < -0.3 is 4.74 Å². The summed E-state index contributed by atoms with van der Waals surface area (Å²) in [6.45, 7) is 1.62. The number of ether oxygens (including phenoxy) is 1. The fraction of sp³-hybridized carbons (Fsp3) is 0.417. The second-order valence-corrected chi connectivity index (χ2v) is 6.01. The maximum absolute atomic E-state index is 13.4. The maximum atomic E-state index is 13.4. The number of nitro benzene ring substituents is 1. The highest BCUT2D eigenvalue weighted by atomic mass is 32.2. The predicted octanol–water partition coefficient (Wildman–Crippen LogP) is 1.93. The Hall–Kier alpha value is -1.83. The molecule has 20 heavy (non-hydrogen) atoms. The zero-order valence-corrected chi connectivity index (χ0v) is 11.8. The van der Waals surface area contributed by atoms with Crippen LogP contribution in [0.25, 0.3) is 0 Å². The molecule has 0 saturated heterocycles. The molecule has 0 aromatic heterocycles. The molecule has 8 heteroatoms. The lowest BCUT2D eigenvalue weighted by atomic mass is 10.2. The number of esters is 1. The summed E-state index contributed by atoms with van der Waals surface area (Å²) < 4.78 is 29.8. The highest BCUT2D eigenvalue weighted by Crippen LogP contribution is 2.19. The van der Waals surface area contributed by atoms with Crippen molar-refractivity contribution in [2.45, 2.75) is 24.3 Å². The minimum absolute atomic E-state index is 0.00141. The number of hydrogen-bond acceptors (Lipinski definition) is 5. The van der Waals surface area contributed by atoms with Gasteiger partial charge in [-0.15, -0.1) is 0 Å². The zero-order valence-electron chi connectivity index (χ0n) is 11.0. The Morgan fingerprint density at radius 1 is 1.55 bits per heavy atom. The van der Waals surface area contributed by atoms with Crippen molar-refractivity contribution >= 4 is 22.5 Å². The first kappa shape index (κ1) is 16.2. The van der Waals surface area contributed by atoms with E-state index in [2.05, 4.69) is 4.74 Å². The molecule has 0 saturated carbocycles. The van der Waals surface area contributed by atoms with Gasteiger partial charge in [-0.05, 0) is 11.6 Å². The monoisotopic (exact) mass is 303 g/mol. The van der Waals surface area contributed by atoms with Gasteiger partial charge in [0.25, 0.3) is 0 Å². The predicted molar refractivity (Wildman–Crippen MR) is 71.0 cm³/mol. The van der Waals surface area contributed by atoms with E-state index < -0.39 is 38.4 Å². The van der Waals surface area contributed by atoms with Crippen LogP contribution in [0.4, 0.5) is 10.1 Å². The van der Waals surface area contributed by atoms with Crippen molar-refractivity contribution in [2.75, 3.05) is 7.11 Å². The van der Waals surface area contributed by atoms with Crippen molar-refractivity contribution in [1.82, 2.24) is 0 Å². The van der Waals surface area contributed by atoms with Crippen molar-refractivity contribution in [3.63, 3.8) is 0 Å². The van der Waals surface area contributed by atoms with E-state index >= 15 is 0 Å². The van der Waals surface area contributed by atoms with Gasteiger partial charge in [-0.1, -0.05) is 13.0 Å². The summed E-state index contributed by atoms with van der Waals surface area (Å²) in [7, 11) is -0.161. The number of carbonyl (C=O) groups is 1. The van der Waals surface area contributed by atoms with Gasteiger partial charge in [-0.25, -0.2) is 0 Å². The SMILES string of the molecule is COC(=O)CC(C)S(=O)Cc1ccc([N+](=O)[O-])c(F)c1. The Balaban J connectivity index is 2.73. The molecule has 0 aliphatic rings. The van der Waals surface area contributed by atoms with Crippen molar-refractivity contribution < 1.29 is 23.1 Å². The molecule has 0 aliphatic heterocycles. The molecule has 0 N–H and O–H groups in total. The van der Waals surface area contributed by atoms with E-state index in [4.69, 9.17) is 0 Å². The third-order valence-electron chi connectivity index (χ3n) is 2.65. The number of hydrogen-bond donors (Lipinski definition) is 0. The molecule has 0 heterocycles. The molecule has 0 amide bonds. The van der Waals surface area contributed by atoms with E-state index in [0.29, 0.717) is 5.56 Å². The third-order valence-corrected chi connectivity index (χ3v) is 4.33. The molecule has 1 aromatic carbocycles. The number of benzene rings is 1. The first-order valence-corrected chi connectivity index (χ1v) is 7.10. The van der Waals surface area contributed by atoms with Gasteiger partial charge in [0.1, 0.15) is 0 Å². The summed E-state index contributed by atoms with van der Waals surface area (Å²) >= 11 is 0. The van der Waals surface area contributed by atoms with Gasteiger partial charge in [0, 0.05) is 27.9 Å². The first-order chi connectivity index (χ1) is 9.35. The van der Waals surface area contributed by atoms with Crippen molar-refractivity contribution in [2.24, 2.45) is 0 Å². The molecular formula is C12H14FNO5S. The van der Waals surface area contributed by atoms with E-state index in [9.17, 15) is 23.5 Å². The molecular weight excluding hydrogens is 289 g/mol. The van der Waals surface area contributed by atoms with Gasteiger partial charge in [0.15, 0.2) is 0 Å². The van der Waals surface area contributed by atoms with Crippen LogP contribution in [0.3, 0.4) is 0 Å². The summed E-state index contributed by atoms with van der Waals surface area (Å²) in [6, 6.07) is 3.37. The number of methoxy groups -OCH3 is 1. The van der Waals surface area contributed by atoms with E-state index in [1.807, 2.05) is 0 Å². The molecule has 110 valence electrons. The Bertz CT molecular complexity index is 549. The molecule has 0 bridgehead atoms. The van der Waals surface area contributed by atoms with Crippen LogP contribution >= 0.6 is 0 Å². The Kier molecular flexibility index (Phi) is 5.75. The maximum Gasteiger partial charge on any atom is 0.306 e. The molecule has 0 fully saturated rings. The Morgan fingerprint density at radius 2 is 2.20 bits per heavy atom.